The lowest BCUT2D eigenvalue weighted by molar-refractivity contribution is -0.124. The van der Waals surface area contributed by atoms with Crippen molar-refractivity contribution in [3.05, 3.63) is 15.8 Å². The number of anilines is 1. The standard InChI is InChI=1S/C22H34N2O3S/c1-14-6-8-15(9-7-14)20(25)24(16-10-11-23-13-16)17-12-18(22(2,3)4)28-19(17)21(26)27-5/h12,14-16,23H,6-11,13H2,1-5H3/t14-,15-,16-/m0/s1. The van der Waals surface area contributed by atoms with Gasteiger partial charge < -0.3 is 15.0 Å². The molecule has 0 spiro atoms. The highest BCUT2D eigenvalue weighted by molar-refractivity contribution is 7.14. The van der Waals surface area contributed by atoms with Crippen LogP contribution in [0.3, 0.4) is 0 Å². The highest BCUT2D eigenvalue weighted by atomic mass is 32.1. The summed E-state index contributed by atoms with van der Waals surface area (Å²) in [5, 5.41) is 3.38. The van der Waals surface area contributed by atoms with E-state index in [0.717, 1.165) is 55.8 Å². The molecule has 156 valence electrons. The molecule has 0 bridgehead atoms. The van der Waals surface area contributed by atoms with Gasteiger partial charge in [0.25, 0.3) is 0 Å². The lowest BCUT2D eigenvalue weighted by Crippen LogP contribution is -2.46. The third-order valence-electron chi connectivity index (χ3n) is 6.08. The summed E-state index contributed by atoms with van der Waals surface area (Å²) in [5.41, 5.74) is 0.660. The molecule has 1 aromatic heterocycles. The Morgan fingerprint density at radius 2 is 1.86 bits per heavy atom. The molecule has 1 aliphatic heterocycles. The Bertz CT molecular complexity index is 708. The summed E-state index contributed by atoms with van der Waals surface area (Å²) >= 11 is 1.46. The van der Waals surface area contributed by atoms with Crippen LogP contribution in [0.2, 0.25) is 0 Å². The molecule has 5 nitrogen and oxygen atoms in total. The van der Waals surface area contributed by atoms with E-state index in [1.54, 1.807) is 0 Å². The van der Waals surface area contributed by atoms with Crippen LogP contribution in [0.4, 0.5) is 5.69 Å². The first kappa shape index (κ1) is 21.3. The lowest BCUT2D eigenvalue weighted by atomic mass is 9.82. The van der Waals surface area contributed by atoms with Crippen molar-refractivity contribution in [3.8, 4) is 0 Å². The monoisotopic (exact) mass is 406 g/mol. The fraction of sp³-hybridized carbons (Fsp3) is 0.727. The summed E-state index contributed by atoms with van der Waals surface area (Å²) in [5.74, 6) is 0.589. The number of hydrogen-bond acceptors (Lipinski definition) is 5. The molecule has 1 saturated heterocycles. The molecule has 1 aromatic rings. The first-order valence-electron chi connectivity index (χ1n) is 10.5. The first-order valence-corrected chi connectivity index (χ1v) is 11.3. The highest BCUT2D eigenvalue weighted by Gasteiger charge is 2.37. The molecule has 2 heterocycles. The van der Waals surface area contributed by atoms with Gasteiger partial charge in [-0.15, -0.1) is 11.3 Å². The Hall–Kier alpha value is -1.40. The van der Waals surface area contributed by atoms with Crippen LogP contribution in [0.1, 0.15) is 74.3 Å². The van der Waals surface area contributed by atoms with Gasteiger partial charge in [0.1, 0.15) is 4.88 Å². The number of nitrogens with zero attached hydrogens (tertiary/aromatic N) is 1. The molecule has 2 fully saturated rings. The molecule has 2 aliphatic rings. The molecular weight excluding hydrogens is 372 g/mol. The highest BCUT2D eigenvalue weighted by Crippen LogP contribution is 2.40. The van der Waals surface area contributed by atoms with Gasteiger partial charge in [-0.3, -0.25) is 4.79 Å². The van der Waals surface area contributed by atoms with Gasteiger partial charge in [-0.1, -0.05) is 27.7 Å². The number of carbonyl (C=O) groups excluding carboxylic acids is 2. The lowest BCUT2D eigenvalue weighted by Gasteiger charge is -2.34. The number of rotatable bonds is 4. The fourth-order valence-electron chi connectivity index (χ4n) is 4.23. The van der Waals surface area contributed by atoms with Crippen LogP contribution >= 0.6 is 11.3 Å². The zero-order chi connectivity index (χ0) is 20.5. The molecule has 1 saturated carbocycles. The Balaban J connectivity index is 2.01. The predicted molar refractivity (Wildman–Crippen MR) is 114 cm³/mol. The minimum absolute atomic E-state index is 0.0558. The third-order valence-corrected chi connectivity index (χ3v) is 7.61. The van der Waals surface area contributed by atoms with Crippen molar-refractivity contribution in [2.24, 2.45) is 11.8 Å². The van der Waals surface area contributed by atoms with Gasteiger partial charge in [-0.05, 0) is 56.0 Å². The minimum atomic E-state index is -0.350. The van der Waals surface area contributed by atoms with Gasteiger partial charge >= 0.3 is 5.97 Å². The zero-order valence-corrected chi connectivity index (χ0v) is 18.7. The van der Waals surface area contributed by atoms with E-state index < -0.39 is 0 Å². The summed E-state index contributed by atoms with van der Waals surface area (Å²) in [6, 6.07) is 2.15. The number of esters is 1. The van der Waals surface area contributed by atoms with Gasteiger partial charge in [0.15, 0.2) is 0 Å². The van der Waals surface area contributed by atoms with Crippen LogP contribution in [-0.2, 0) is 14.9 Å². The van der Waals surface area contributed by atoms with E-state index in [4.69, 9.17) is 4.74 Å². The van der Waals surface area contributed by atoms with E-state index in [1.807, 2.05) is 4.90 Å². The topological polar surface area (TPSA) is 58.6 Å². The smallest absolute Gasteiger partial charge is 0.350 e. The van der Waals surface area contributed by atoms with E-state index in [2.05, 4.69) is 39.1 Å². The van der Waals surface area contributed by atoms with Crippen molar-refractivity contribution in [2.45, 2.75) is 71.3 Å². The molecule has 0 unspecified atom stereocenters. The van der Waals surface area contributed by atoms with Crippen LogP contribution in [0.25, 0.3) is 0 Å². The maximum atomic E-state index is 13.7. The van der Waals surface area contributed by atoms with E-state index in [-0.39, 0.29) is 29.3 Å². The average molecular weight is 407 g/mol. The van der Waals surface area contributed by atoms with Crippen LogP contribution in [-0.4, -0.2) is 38.1 Å². The van der Waals surface area contributed by atoms with Crippen molar-refractivity contribution in [2.75, 3.05) is 25.1 Å². The van der Waals surface area contributed by atoms with Gasteiger partial charge in [-0.25, -0.2) is 4.79 Å². The number of thiophene rings is 1. The molecule has 1 N–H and O–H groups in total. The van der Waals surface area contributed by atoms with Crippen LogP contribution in [0.5, 0.6) is 0 Å². The second-order valence-electron chi connectivity index (χ2n) is 9.38. The Labute approximate surface area is 172 Å². The largest absolute Gasteiger partial charge is 0.465 e. The zero-order valence-electron chi connectivity index (χ0n) is 17.8. The van der Waals surface area contributed by atoms with Gasteiger partial charge in [0.2, 0.25) is 5.91 Å². The summed E-state index contributed by atoms with van der Waals surface area (Å²) in [6.07, 6.45) is 5.01. The number of nitrogens with one attached hydrogen (secondary N) is 1. The Morgan fingerprint density at radius 3 is 2.39 bits per heavy atom. The molecular formula is C22H34N2O3S. The van der Waals surface area contributed by atoms with Crippen molar-refractivity contribution >= 4 is 28.9 Å². The van der Waals surface area contributed by atoms with Crippen molar-refractivity contribution < 1.29 is 14.3 Å². The SMILES string of the molecule is COC(=O)c1sc(C(C)(C)C)cc1N(C(=O)[C@H]1CC[C@H](C)CC1)[C@H]1CCNC1. The van der Waals surface area contributed by atoms with Crippen molar-refractivity contribution in [1.29, 1.82) is 0 Å². The number of carbonyl (C=O) groups is 2. The number of amides is 1. The maximum absolute atomic E-state index is 13.7. The molecule has 28 heavy (non-hydrogen) atoms. The van der Waals surface area contributed by atoms with Gasteiger partial charge in [0.05, 0.1) is 18.8 Å². The summed E-state index contributed by atoms with van der Waals surface area (Å²) in [6.45, 7) is 10.3. The molecule has 0 radical (unpaired) electrons. The van der Waals surface area contributed by atoms with E-state index >= 15 is 0 Å². The predicted octanol–water partition coefficient (Wildman–Crippen LogP) is 4.35. The van der Waals surface area contributed by atoms with Crippen LogP contribution < -0.4 is 10.2 Å². The molecule has 0 aromatic carbocycles. The second-order valence-corrected chi connectivity index (χ2v) is 10.4. The summed E-state index contributed by atoms with van der Waals surface area (Å²) < 4.78 is 5.07. The Morgan fingerprint density at radius 1 is 1.18 bits per heavy atom. The third kappa shape index (κ3) is 4.43. The second kappa shape index (κ2) is 8.54. The van der Waals surface area contributed by atoms with E-state index in [1.165, 1.54) is 18.4 Å². The van der Waals surface area contributed by atoms with E-state index in [0.29, 0.717) is 10.8 Å². The molecule has 1 aliphatic carbocycles. The van der Waals surface area contributed by atoms with Crippen molar-refractivity contribution in [3.63, 3.8) is 0 Å². The molecule has 1 atom stereocenters. The number of ether oxygens (including phenoxy) is 1. The fourth-order valence-corrected chi connectivity index (χ4v) is 5.35. The summed E-state index contributed by atoms with van der Waals surface area (Å²) in [7, 11) is 1.41. The molecule has 1 amide bonds. The molecule has 3 rings (SSSR count). The average Bonchev–Trinajstić information content (AvgIpc) is 3.32. The van der Waals surface area contributed by atoms with Crippen LogP contribution in [0.15, 0.2) is 6.07 Å². The Kier molecular flexibility index (Phi) is 6.50. The normalized spacial score (nSPS) is 25.5. The summed E-state index contributed by atoms with van der Waals surface area (Å²) in [4.78, 5) is 29.8. The van der Waals surface area contributed by atoms with Gasteiger partial charge in [-0.2, -0.15) is 0 Å². The minimum Gasteiger partial charge on any atom is -0.465 e. The first-order chi connectivity index (χ1) is 13.2. The maximum Gasteiger partial charge on any atom is 0.350 e. The van der Waals surface area contributed by atoms with Gasteiger partial charge in [0, 0.05) is 17.3 Å². The van der Waals surface area contributed by atoms with Crippen molar-refractivity contribution in [1.82, 2.24) is 5.32 Å². The number of methoxy groups -OCH3 is 1. The number of hydrogen-bond donors (Lipinski definition) is 1. The van der Waals surface area contributed by atoms with Crippen LogP contribution in [0, 0.1) is 11.8 Å². The quantitative estimate of drug-likeness (QED) is 0.755. The molecule has 6 heteroatoms. The van der Waals surface area contributed by atoms with E-state index in [9.17, 15) is 9.59 Å².